The number of hydrogen-bond donors (Lipinski definition) is 0. The van der Waals surface area contributed by atoms with Crippen LogP contribution in [0.3, 0.4) is 0 Å². The Balaban J connectivity index is 2.55. The highest BCUT2D eigenvalue weighted by Gasteiger charge is 2.28. The van der Waals surface area contributed by atoms with Crippen molar-refractivity contribution in [3.63, 3.8) is 0 Å². The first-order chi connectivity index (χ1) is 5.02. The van der Waals surface area contributed by atoms with E-state index in [2.05, 4.69) is 31.9 Å². The van der Waals surface area contributed by atoms with Crippen LogP contribution in [0, 0.1) is 0 Å². The van der Waals surface area contributed by atoms with Gasteiger partial charge in [-0.15, -0.1) is 0 Å². The average Bonchev–Trinajstić information content (AvgIpc) is 1.86. The lowest BCUT2D eigenvalue weighted by atomic mass is 10.1. The lowest BCUT2D eigenvalue weighted by Crippen LogP contribution is -2.53. The van der Waals surface area contributed by atoms with Crippen molar-refractivity contribution in [3.8, 4) is 0 Å². The van der Waals surface area contributed by atoms with Crippen molar-refractivity contribution in [2.24, 2.45) is 0 Å². The van der Waals surface area contributed by atoms with Gasteiger partial charge in [0.15, 0.2) is 0 Å². The Morgan fingerprint density at radius 1 is 1.36 bits per heavy atom. The number of rotatable bonds is 0. The molecule has 0 aromatic rings. The van der Waals surface area contributed by atoms with Crippen LogP contribution in [0.25, 0.3) is 0 Å². The van der Waals surface area contributed by atoms with Crippen LogP contribution >= 0.6 is 0 Å². The molecule has 1 aliphatic heterocycles. The predicted octanol–water partition coefficient (Wildman–Crippen LogP) is 0.999. The second kappa shape index (κ2) is 3.41. The van der Waals surface area contributed by atoms with E-state index in [9.17, 15) is 0 Å². The van der Waals surface area contributed by atoms with Gasteiger partial charge in [0.1, 0.15) is 8.96 Å². The summed E-state index contributed by atoms with van der Waals surface area (Å²) in [6.45, 7) is 9.63. The minimum atomic E-state index is -0.466. The molecule has 0 saturated carbocycles. The second-order valence-corrected chi connectivity index (χ2v) is 9.47. The molecule has 1 atom stereocenters. The third-order valence-corrected chi connectivity index (χ3v) is 9.04. The molecule has 1 unspecified atom stereocenters. The third kappa shape index (κ3) is 2.42. The van der Waals surface area contributed by atoms with Crippen molar-refractivity contribution in [1.82, 2.24) is 4.57 Å². The maximum absolute atomic E-state index is 2.82. The second-order valence-electron chi connectivity index (χ2n) is 4.71. The Morgan fingerprint density at radius 3 is 2.36 bits per heavy atom. The summed E-state index contributed by atoms with van der Waals surface area (Å²) in [7, 11) is -0.156. The Hall–Kier alpha value is 0.394. The molecule has 0 aromatic carbocycles. The topological polar surface area (TPSA) is 3.24 Å². The zero-order chi connectivity index (χ0) is 8.48. The summed E-state index contributed by atoms with van der Waals surface area (Å²) >= 11 is 0. The molecule has 0 aliphatic carbocycles. The van der Waals surface area contributed by atoms with Crippen LogP contribution in [0.4, 0.5) is 0 Å². The van der Waals surface area contributed by atoms with Crippen LogP contribution in [-0.2, 0) is 0 Å². The fourth-order valence-electron chi connectivity index (χ4n) is 2.09. The van der Waals surface area contributed by atoms with Gasteiger partial charge in [-0.05, 0) is 33.0 Å². The normalized spacial score (nSPS) is 31.1. The molecule has 11 heavy (non-hydrogen) atoms. The van der Waals surface area contributed by atoms with Crippen LogP contribution in [0.2, 0.25) is 18.6 Å². The summed E-state index contributed by atoms with van der Waals surface area (Å²) < 4.78 is 2.82. The molecular weight excluding hydrogens is 166 g/mol. The number of nitrogens with zero attached hydrogens (tertiary/aromatic N) is 1. The van der Waals surface area contributed by atoms with E-state index in [1.807, 2.05) is 0 Å². The van der Waals surface area contributed by atoms with E-state index < -0.39 is 8.96 Å². The van der Waals surface area contributed by atoms with Crippen LogP contribution in [0.5, 0.6) is 0 Å². The van der Waals surface area contributed by atoms with Gasteiger partial charge in [-0.2, -0.15) is 0 Å². The third-order valence-electron chi connectivity index (χ3n) is 2.66. The van der Waals surface area contributed by atoms with Crippen LogP contribution < -0.4 is 0 Å². The van der Waals surface area contributed by atoms with Gasteiger partial charge in [-0.25, -0.2) is 0 Å². The fourth-order valence-corrected chi connectivity index (χ4v) is 10.8. The summed E-state index contributed by atoms with van der Waals surface area (Å²) in [5.74, 6) is 0. The van der Waals surface area contributed by atoms with Gasteiger partial charge in [0.25, 0.3) is 0 Å². The first kappa shape index (κ1) is 9.48. The van der Waals surface area contributed by atoms with E-state index >= 15 is 0 Å². The minimum absolute atomic E-state index is 0.310. The molecule has 66 valence electrons. The highest BCUT2D eigenvalue weighted by atomic mass is 28.3. The van der Waals surface area contributed by atoms with Crippen molar-refractivity contribution in [1.29, 1.82) is 0 Å². The largest absolute Gasteiger partial charge is 0.325 e. The molecule has 0 amide bonds. The van der Waals surface area contributed by atoms with Crippen LogP contribution in [0.15, 0.2) is 0 Å². The van der Waals surface area contributed by atoms with E-state index in [1.54, 1.807) is 12.1 Å². The van der Waals surface area contributed by atoms with Gasteiger partial charge in [-0.1, -0.05) is 12.6 Å². The highest BCUT2D eigenvalue weighted by Crippen LogP contribution is 2.20. The first-order valence-corrected chi connectivity index (χ1v) is 9.27. The molecule has 0 radical (unpaired) electrons. The Kier molecular flexibility index (Phi) is 2.94. The van der Waals surface area contributed by atoms with Gasteiger partial charge < -0.3 is 4.57 Å². The summed E-state index contributed by atoms with van der Waals surface area (Å²) in [6, 6.07) is 3.21. The van der Waals surface area contributed by atoms with E-state index in [1.165, 1.54) is 6.17 Å². The molecule has 1 aliphatic rings. The van der Waals surface area contributed by atoms with Gasteiger partial charge >= 0.3 is 0 Å². The molecule has 0 aromatic heterocycles. The summed E-state index contributed by atoms with van der Waals surface area (Å²) in [6.07, 6.45) is 1.50. The van der Waals surface area contributed by atoms with Gasteiger partial charge in [0.2, 0.25) is 0 Å². The van der Waals surface area contributed by atoms with Gasteiger partial charge in [0, 0.05) is 15.1 Å². The van der Waals surface area contributed by atoms with Gasteiger partial charge in [-0.3, -0.25) is 0 Å². The van der Waals surface area contributed by atoms with Gasteiger partial charge in [0.05, 0.1) is 0 Å². The zero-order valence-corrected chi connectivity index (χ0v) is 10.9. The molecule has 1 rings (SSSR count). The van der Waals surface area contributed by atoms with Crippen molar-refractivity contribution in [2.75, 3.05) is 6.17 Å². The molecule has 3 heteroatoms. The first-order valence-electron chi connectivity index (χ1n) is 4.78. The molecule has 1 fully saturated rings. The summed E-state index contributed by atoms with van der Waals surface area (Å²) in [4.78, 5) is 0. The Morgan fingerprint density at radius 2 is 2.00 bits per heavy atom. The van der Waals surface area contributed by atoms with Crippen molar-refractivity contribution >= 4 is 18.5 Å². The van der Waals surface area contributed by atoms with Crippen molar-refractivity contribution in [3.05, 3.63) is 0 Å². The smallest absolute Gasteiger partial charge is 0.108 e. The molecule has 1 saturated heterocycles. The van der Waals surface area contributed by atoms with Crippen molar-refractivity contribution in [2.45, 2.75) is 44.9 Å². The molecular formula is C8H21NSi2. The maximum atomic E-state index is 2.82. The molecule has 1 heterocycles. The van der Waals surface area contributed by atoms with Crippen molar-refractivity contribution < 1.29 is 0 Å². The van der Waals surface area contributed by atoms with E-state index in [0.717, 1.165) is 0 Å². The van der Waals surface area contributed by atoms with E-state index in [4.69, 9.17) is 0 Å². The van der Waals surface area contributed by atoms with E-state index in [-0.39, 0.29) is 0 Å². The Bertz CT molecular complexity index is 131. The maximum Gasteiger partial charge on any atom is 0.108 e. The van der Waals surface area contributed by atoms with Crippen LogP contribution in [-0.4, -0.2) is 34.8 Å². The fraction of sp³-hybridized carbons (Fsp3) is 1.00. The molecule has 0 spiro atoms. The minimum Gasteiger partial charge on any atom is -0.325 e. The monoisotopic (exact) mass is 187 g/mol. The van der Waals surface area contributed by atoms with Crippen LogP contribution in [0.1, 0.15) is 20.8 Å². The summed E-state index contributed by atoms with van der Waals surface area (Å²) in [5.41, 5.74) is 0.471. The summed E-state index contributed by atoms with van der Waals surface area (Å²) in [5, 5.41) is 0. The quantitative estimate of drug-likeness (QED) is 0.512. The average molecular weight is 187 g/mol. The zero-order valence-electron chi connectivity index (χ0n) is 8.35. The SMILES string of the molecule is C[SiH]1CC[SiH2]CN1C(C)(C)C. The lowest BCUT2D eigenvalue weighted by molar-refractivity contribution is 0.275. The Labute approximate surface area is 74.7 Å². The molecule has 0 N–H and O–H groups in total. The molecule has 1 nitrogen and oxygen atoms in total. The standard InChI is InChI=1S/C8H21NSi2/c1-8(2,3)9-7-10-5-6-11(9)4/h11H,5-7,10H2,1-4H3. The predicted molar refractivity (Wildman–Crippen MR) is 57.6 cm³/mol. The molecule has 0 bridgehead atoms. The van der Waals surface area contributed by atoms with E-state index in [0.29, 0.717) is 15.1 Å². The number of hydrogen-bond acceptors (Lipinski definition) is 1. The highest BCUT2D eigenvalue weighted by molar-refractivity contribution is 6.59. The lowest BCUT2D eigenvalue weighted by Gasteiger charge is -2.42.